The van der Waals surface area contributed by atoms with Crippen LogP contribution in [0.4, 0.5) is 4.79 Å². The Morgan fingerprint density at radius 2 is 1.88 bits per heavy atom. The molecule has 0 saturated heterocycles. The lowest BCUT2D eigenvalue weighted by molar-refractivity contribution is -0.141. The number of methoxy groups -OCH3 is 1. The number of aliphatic carboxylic acids is 1. The minimum Gasteiger partial charge on any atom is -0.496 e. The number of ether oxygens (including phenoxy) is 2. The number of hydrogen-bond acceptors (Lipinski definition) is 7. The average molecular weight is 485 g/mol. The van der Waals surface area contributed by atoms with Crippen LogP contribution in [0, 0.1) is 26.7 Å². The van der Waals surface area contributed by atoms with Crippen molar-refractivity contribution in [2.24, 2.45) is 16.6 Å². The van der Waals surface area contributed by atoms with E-state index in [1.807, 2.05) is 0 Å². The fraction of sp³-hybridized carbons (Fsp3) is 0.571. The summed E-state index contributed by atoms with van der Waals surface area (Å²) in [6, 6.07) is 1.48. The minimum atomic E-state index is -4.04. The van der Waals surface area contributed by atoms with Crippen LogP contribution in [0.2, 0.25) is 0 Å². The Bertz CT molecular complexity index is 1090. The Morgan fingerprint density at radius 3 is 2.39 bits per heavy atom. The number of carbonyl (C=O) groups is 2. The Balaban J connectivity index is 2.13. The Hall–Kier alpha value is -3.02. The monoisotopic (exact) mass is 484 g/mol. The number of nitrogens with two attached hydrogens (primary N) is 1. The van der Waals surface area contributed by atoms with Crippen molar-refractivity contribution < 1.29 is 32.6 Å². The summed E-state index contributed by atoms with van der Waals surface area (Å²) in [5.41, 5.74) is 5.30. The smallest absolute Gasteiger partial charge is 0.408 e. The lowest BCUT2D eigenvalue weighted by Crippen LogP contribution is -2.47. The van der Waals surface area contributed by atoms with Crippen LogP contribution in [0.25, 0.3) is 0 Å². The van der Waals surface area contributed by atoms with E-state index >= 15 is 0 Å². The van der Waals surface area contributed by atoms with E-state index in [2.05, 4.69) is 15.0 Å². The second-order valence-electron chi connectivity index (χ2n) is 9.11. The zero-order valence-electron chi connectivity index (χ0n) is 19.9. The van der Waals surface area contributed by atoms with Crippen molar-refractivity contribution in [3.05, 3.63) is 22.8 Å². The van der Waals surface area contributed by atoms with Crippen molar-refractivity contribution in [3.8, 4) is 5.75 Å². The van der Waals surface area contributed by atoms with E-state index < -0.39 is 39.1 Å². The third kappa shape index (κ3) is 5.86. The average Bonchev–Trinajstić information content (AvgIpc) is 3.35. The molecule has 0 bridgehead atoms. The molecule has 2 atom stereocenters. The highest BCUT2D eigenvalue weighted by molar-refractivity contribution is 7.90. The SMILES string of the molecule is COc1c(C)cc(S(=O)(=O)NC(N)=NC[C@@H]2C[C@]2(NC(=O)OC(C)(C)C)C(=O)O)c(C)c1C. The molecule has 1 amide bonds. The molecule has 0 radical (unpaired) electrons. The van der Waals surface area contributed by atoms with Gasteiger partial charge in [-0.2, -0.15) is 0 Å². The van der Waals surface area contributed by atoms with E-state index in [9.17, 15) is 23.1 Å². The highest BCUT2D eigenvalue weighted by Crippen LogP contribution is 2.44. The third-order valence-corrected chi connectivity index (χ3v) is 6.88. The van der Waals surface area contributed by atoms with Crippen LogP contribution in [0.3, 0.4) is 0 Å². The highest BCUT2D eigenvalue weighted by Gasteiger charge is 2.62. The molecule has 1 aromatic carbocycles. The number of alkyl carbamates (subject to hydrolysis) is 1. The predicted molar refractivity (Wildman–Crippen MR) is 122 cm³/mol. The first-order valence-corrected chi connectivity index (χ1v) is 11.7. The summed E-state index contributed by atoms with van der Waals surface area (Å²) < 4.78 is 38.4. The molecule has 12 heteroatoms. The van der Waals surface area contributed by atoms with Gasteiger partial charge in [-0.15, -0.1) is 0 Å². The number of nitrogens with one attached hydrogen (secondary N) is 2. The third-order valence-electron chi connectivity index (χ3n) is 5.40. The molecule has 0 spiro atoms. The van der Waals surface area contributed by atoms with Gasteiger partial charge in [0.1, 0.15) is 16.9 Å². The summed E-state index contributed by atoms with van der Waals surface area (Å²) in [6.07, 6.45) is -0.744. The van der Waals surface area contributed by atoms with Gasteiger partial charge in [0.2, 0.25) is 5.96 Å². The maximum absolute atomic E-state index is 12.9. The molecule has 1 saturated carbocycles. The van der Waals surface area contributed by atoms with E-state index in [1.165, 1.54) is 13.2 Å². The molecule has 0 heterocycles. The molecule has 1 aromatic rings. The van der Waals surface area contributed by atoms with Gasteiger partial charge in [-0.05, 0) is 70.7 Å². The molecule has 1 fully saturated rings. The molecule has 11 nitrogen and oxygen atoms in total. The second-order valence-corrected chi connectivity index (χ2v) is 10.8. The van der Waals surface area contributed by atoms with Crippen molar-refractivity contribution in [3.63, 3.8) is 0 Å². The lowest BCUT2D eigenvalue weighted by Gasteiger charge is -2.22. The van der Waals surface area contributed by atoms with Crippen LogP contribution < -0.4 is 20.5 Å². The van der Waals surface area contributed by atoms with Gasteiger partial charge in [-0.1, -0.05) is 0 Å². The van der Waals surface area contributed by atoms with E-state index in [-0.39, 0.29) is 23.8 Å². The van der Waals surface area contributed by atoms with Crippen molar-refractivity contribution in [2.75, 3.05) is 13.7 Å². The maximum atomic E-state index is 12.9. The van der Waals surface area contributed by atoms with Crippen LogP contribution in [0.15, 0.2) is 16.0 Å². The molecule has 0 aliphatic heterocycles. The zero-order valence-corrected chi connectivity index (χ0v) is 20.7. The fourth-order valence-corrected chi connectivity index (χ4v) is 4.89. The normalized spacial score (nSPS) is 20.7. The van der Waals surface area contributed by atoms with E-state index in [0.717, 1.165) is 0 Å². The number of amides is 1. The number of guanidine groups is 1. The fourth-order valence-electron chi connectivity index (χ4n) is 3.55. The standard InChI is InChI=1S/C21H32N4O7S/c1-11-8-15(12(2)13(3)16(11)31-7)33(29,30)25-18(22)23-10-14-9-21(14,17(26)27)24-19(28)32-20(4,5)6/h8,14H,9-10H2,1-7H3,(H,24,28)(H,26,27)(H3,22,23,25)/t14-,21+/m0/s1. The quantitative estimate of drug-likeness (QED) is 0.334. The molecule has 0 aromatic heterocycles. The predicted octanol–water partition coefficient (Wildman–Crippen LogP) is 1.58. The first-order valence-electron chi connectivity index (χ1n) is 10.3. The summed E-state index contributed by atoms with van der Waals surface area (Å²) in [5.74, 6) is -1.58. The van der Waals surface area contributed by atoms with Crippen LogP contribution in [0.5, 0.6) is 5.75 Å². The number of rotatable bonds is 7. The number of aliphatic imine (C=N–C) groups is 1. The molecule has 33 heavy (non-hydrogen) atoms. The molecule has 0 unspecified atom stereocenters. The second kappa shape index (κ2) is 9.08. The zero-order chi connectivity index (χ0) is 25.4. The first-order chi connectivity index (χ1) is 15.0. The van der Waals surface area contributed by atoms with Crippen molar-refractivity contribution in [2.45, 2.75) is 64.0 Å². The number of carbonyl (C=O) groups excluding carboxylic acids is 1. The topological polar surface area (TPSA) is 169 Å². The summed E-state index contributed by atoms with van der Waals surface area (Å²) in [7, 11) is -2.53. The molecule has 1 aliphatic rings. The van der Waals surface area contributed by atoms with Crippen LogP contribution in [-0.2, 0) is 19.6 Å². The summed E-state index contributed by atoms with van der Waals surface area (Å²) in [5, 5.41) is 12.0. The first kappa shape index (κ1) is 26.2. The molecular weight excluding hydrogens is 452 g/mol. The van der Waals surface area contributed by atoms with Crippen molar-refractivity contribution in [1.29, 1.82) is 0 Å². The number of benzene rings is 1. The lowest BCUT2D eigenvalue weighted by atomic mass is 10.1. The Morgan fingerprint density at radius 1 is 1.27 bits per heavy atom. The van der Waals surface area contributed by atoms with Gasteiger partial charge in [-0.3, -0.25) is 4.99 Å². The molecule has 5 N–H and O–H groups in total. The molecule has 1 aliphatic carbocycles. The number of aryl methyl sites for hydroxylation is 1. The van der Waals surface area contributed by atoms with Gasteiger partial charge in [-0.25, -0.2) is 22.7 Å². The highest BCUT2D eigenvalue weighted by atomic mass is 32.2. The summed E-state index contributed by atoms with van der Waals surface area (Å²) in [6.45, 7) is 10.0. The van der Waals surface area contributed by atoms with Crippen molar-refractivity contribution in [1.82, 2.24) is 10.0 Å². The van der Waals surface area contributed by atoms with Gasteiger partial charge in [0.05, 0.1) is 12.0 Å². The van der Waals surface area contributed by atoms with Gasteiger partial charge >= 0.3 is 12.1 Å². The van der Waals surface area contributed by atoms with E-state index in [1.54, 1.807) is 41.5 Å². The largest absolute Gasteiger partial charge is 0.496 e. The van der Waals surface area contributed by atoms with E-state index in [4.69, 9.17) is 15.2 Å². The van der Waals surface area contributed by atoms with Crippen LogP contribution in [-0.4, -0.2) is 56.3 Å². The number of carboxylic acids is 1. The number of carboxylic acid groups (broad SMARTS) is 1. The number of sulfonamides is 1. The molecular formula is C21H32N4O7S. The number of hydrogen-bond donors (Lipinski definition) is 4. The maximum Gasteiger partial charge on any atom is 0.408 e. The Kier molecular flexibility index (Phi) is 7.22. The van der Waals surface area contributed by atoms with Crippen LogP contribution >= 0.6 is 0 Å². The molecule has 2 rings (SSSR count). The van der Waals surface area contributed by atoms with Gasteiger partial charge in [0, 0.05) is 12.5 Å². The van der Waals surface area contributed by atoms with E-state index in [0.29, 0.717) is 22.4 Å². The van der Waals surface area contributed by atoms with Gasteiger partial charge < -0.3 is 25.6 Å². The summed E-state index contributed by atoms with van der Waals surface area (Å²) in [4.78, 5) is 27.8. The molecule has 184 valence electrons. The van der Waals surface area contributed by atoms with Gasteiger partial charge in [0.25, 0.3) is 10.0 Å². The van der Waals surface area contributed by atoms with Gasteiger partial charge in [0.15, 0.2) is 0 Å². The minimum absolute atomic E-state index is 0.0364. The Labute approximate surface area is 193 Å². The van der Waals surface area contributed by atoms with Crippen LogP contribution in [0.1, 0.15) is 43.9 Å². The summed E-state index contributed by atoms with van der Waals surface area (Å²) >= 11 is 0. The number of nitrogens with zero attached hydrogens (tertiary/aromatic N) is 1. The van der Waals surface area contributed by atoms with Crippen molar-refractivity contribution >= 4 is 28.0 Å².